The summed E-state index contributed by atoms with van der Waals surface area (Å²) in [6, 6.07) is 1.74. The van der Waals surface area contributed by atoms with E-state index in [4.69, 9.17) is 18.6 Å². The molecule has 4 rings (SSSR count). The van der Waals surface area contributed by atoms with E-state index in [0.29, 0.717) is 36.9 Å². The van der Waals surface area contributed by atoms with E-state index in [1.807, 2.05) is 11.8 Å². The molecule has 138 valence electrons. The molecule has 1 unspecified atom stereocenters. The molecule has 6 nitrogen and oxygen atoms in total. The van der Waals surface area contributed by atoms with Gasteiger partial charge in [0.15, 0.2) is 0 Å². The first-order valence-electron chi connectivity index (χ1n) is 9.32. The summed E-state index contributed by atoms with van der Waals surface area (Å²) in [6.45, 7) is 6.36. The van der Waals surface area contributed by atoms with Crippen molar-refractivity contribution >= 4 is 5.91 Å². The number of carbonyl (C=O) groups is 1. The topological polar surface area (TPSA) is 61.1 Å². The zero-order valence-corrected chi connectivity index (χ0v) is 14.9. The lowest BCUT2D eigenvalue weighted by Crippen LogP contribution is -2.67. The number of likely N-dealkylation sites (tertiary alicyclic amines) is 1. The van der Waals surface area contributed by atoms with Crippen molar-refractivity contribution in [1.29, 1.82) is 0 Å². The van der Waals surface area contributed by atoms with E-state index in [2.05, 4.69) is 0 Å². The van der Waals surface area contributed by atoms with Crippen LogP contribution in [0.25, 0.3) is 0 Å². The average molecular weight is 349 g/mol. The van der Waals surface area contributed by atoms with Crippen molar-refractivity contribution in [2.45, 2.75) is 44.3 Å². The molecule has 0 saturated carbocycles. The summed E-state index contributed by atoms with van der Waals surface area (Å²) in [5.41, 5.74) is 0.435. The molecule has 1 amide bonds. The first-order chi connectivity index (χ1) is 12.2. The minimum atomic E-state index is -0.216. The summed E-state index contributed by atoms with van der Waals surface area (Å²) >= 11 is 0. The van der Waals surface area contributed by atoms with Crippen molar-refractivity contribution in [1.82, 2.24) is 4.90 Å². The highest BCUT2D eigenvalue weighted by Crippen LogP contribution is 2.36. The first kappa shape index (κ1) is 17.1. The Kier molecular flexibility index (Phi) is 4.84. The van der Waals surface area contributed by atoms with E-state index in [1.54, 1.807) is 12.3 Å². The van der Waals surface area contributed by atoms with E-state index in [-0.39, 0.29) is 17.6 Å². The molecule has 3 aliphatic heterocycles. The van der Waals surface area contributed by atoms with Gasteiger partial charge in [-0.3, -0.25) is 4.79 Å². The largest absolute Gasteiger partial charge is 0.469 e. The van der Waals surface area contributed by atoms with Crippen LogP contribution in [-0.2, 0) is 14.2 Å². The number of aryl methyl sites for hydroxylation is 1. The van der Waals surface area contributed by atoms with Gasteiger partial charge in [-0.1, -0.05) is 0 Å². The zero-order valence-electron chi connectivity index (χ0n) is 14.9. The first-order valence-corrected chi connectivity index (χ1v) is 9.32. The molecule has 0 N–H and O–H groups in total. The third-order valence-electron chi connectivity index (χ3n) is 5.69. The Balaban J connectivity index is 1.27. The van der Waals surface area contributed by atoms with Crippen LogP contribution in [0, 0.1) is 12.8 Å². The summed E-state index contributed by atoms with van der Waals surface area (Å²) < 4.78 is 22.9. The Morgan fingerprint density at radius 3 is 2.80 bits per heavy atom. The smallest absolute Gasteiger partial charge is 0.257 e. The fourth-order valence-corrected chi connectivity index (χ4v) is 4.10. The van der Waals surface area contributed by atoms with Crippen molar-refractivity contribution < 1.29 is 23.4 Å². The summed E-state index contributed by atoms with van der Waals surface area (Å²) in [4.78, 5) is 14.4. The molecule has 3 aliphatic rings. The number of furan rings is 1. The zero-order chi connectivity index (χ0) is 17.3. The van der Waals surface area contributed by atoms with E-state index < -0.39 is 0 Å². The number of ether oxygens (including phenoxy) is 3. The Morgan fingerprint density at radius 1 is 1.28 bits per heavy atom. The van der Waals surface area contributed by atoms with Gasteiger partial charge in [0.05, 0.1) is 31.0 Å². The number of nitrogens with zero attached hydrogens (tertiary/aromatic N) is 1. The van der Waals surface area contributed by atoms with E-state index in [9.17, 15) is 4.79 Å². The predicted octanol–water partition coefficient (Wildman–Crippen LogP) is 2.40. The minimum Gasteiger partial charge on any atom is -0.469 e. The molecule has 0 bridgehead atoms. The SMILES string of the molecule is Cc1occc1C(=O)N1CC2(CC(OCC3CCOCC3)CCO2)C1. The van der Waals surface area contributed by atoms with Crippen LogP contribution in [0.4, 0.5) is 0 Å². The minimum absolute atomic E-state index is 0.0331. The van der Waals surface area contributed by atoms with Crippen LogP contribution in [0.2, 0.25) is 0 Å². The third-order valence-corrected chi connectivity index (χ3v) is 5.69. The Hall–Kier alpha value is -1.37. The third kappa shape index (κ3) is 3.61. The van der Waals surface area contributed by atoms with Crippen LogP contribution in [-0.4, -0.2) is 62.0 Å². The fourth-order valence-electron chi connectivity index (χ4n) is 4.10. The van der Waals surface area contributed by atoms with Gasteiger partial charge in [0.25, 0.3) is 5.91 Å². The van der Waals surface area contributed by atoms with E-state index >= 15 is 0 Å². The number of carbonyl (C=O) groups excluding carboxylic acids is 1. The van der Waals surface area contributed by atoms with Crippen LogP contribution in [0.15, 0.2) is 16.7 Å². The molecule has 1 aromatic heterocycles. The van der Waals surface area contributed by atoms with Gasteiger partial charge in [0.2, 0.25) is 0 Å². The normalized spacial score (nSPS) is 26.6. The quantitative estimate of drug-likeness (QED) is 0.835. The highest BCUT2D eigenvalue weighted by Gasteiger charge is 2.50. The molecule has 0 aliphatic carbocycles. The van der Waals surface area contributed by atoms with Crippen LogP contribution < -0.4 is 0 Å². The lowest BCUT2D eigenvalue weighted by molar-refractivity contribution is -0.188. The lowest BCUT2D eigenvalue weighted by Gasteiger charge is -2.53. The van der Waals surface area contributed by atoms with Crippen LogP contribution in [0.1, 0.15) is 41.8 Å². The predicted molar refractivity (Wildman–Crippen MR) is 90.5 cm³/mol. The maximum Gasteiger partial charge on any atom is 0.257 e. The van der Waals surface area contributed by atoms with Crippen LogP contribution in [0.5, 0.6) is 0 Å². The Bertz CT molecular complexity index is 601. The summed E-state index contributed by atoms with van der Waals surface area (Å²) in [7, 11) is 0. The molecule has 6 heteroatoms. The van der Waals surface area contributed by atoms with Gasteiger partial charge in [-0.2, -0.15) is 0 Å². The second kappa shape index (κ2) is 7.09. The second-order valence-corrected chi connectivity index (χ2v) is 7.59. The maximum atomic E-state index is 12.5. The van der Waals surface area contributed by atoms with E-state index in [0.717, 1.165) is 45.5 Å². The van der Waals surface area contributed by atoms with Crippen molar-refractivity contribution in [2.75, 3.05) is 39.5 Å². The molecule has 3 saturated heterocycles. The number of hydrogen-bond donors (Lipinski definition) is 0. The number of hydrogen-bond acceptors (Lipinski definition) is 5. The highest BCUT2D eigenvalue weighted by atomic mass is 16.5. The van der Waals surface area contributed by atoms with Gasteiger partial charge >= 0.3 is 0 Å². The number of rotatable bonds is 4. The monoisotopic (exact) mass is 349 g/mol. The Labute approximate surface area is 148 Å². The van der Waals surface area contributed by atoms with E-state index in [1.165, 1.54) is 0 Å². The molecule has 0 aromatic carbocycles. The molecule has 0 radical (unpaired) electrons. The van der Waals surface area contributed by atoms with Crippen LogP contribution >= 0.6 is 0 Å². The van der Waals surface area contributed by atoms with Gasteiger partial charge in [-0.05, 0) is 38.2 Å². The van der Waals surface area contributed by atoms with Crippen molar-refractivity contribution in [3.8, 4) is 0 Å². The molecule has 1 atom stereocenters. The molecule has 4 heterocycles. The van der Waals surface area contributed by atoms with Gasteiger partial charge < -0.3 is 23.5 Å². The second-order valence-electron chi connectivity index (χ2n) is 7.59. The molecular formula is C19H27NO5. The van der Waals surface area contributed by atoms with Gasteiger partial charge in [-0.15, -0.1) is 0 Å². The maximum absolute atomic E-state index is 12.5. The van der Waals surface area contributed by atoms with Gasteiger partial charge in [-0.25, -0.2) is 0 Å². The summed E-state index contributed by atoms with van der Waals surface area (Å²) in [5, 5.41) is 0. The van der Waals surface area contributed by atoms with Crippen LogP contribution in [0.3, 0.4) is 0 Å². The molecule has 25 heavy (non-hydrogen) atoms. The molecular weight excluding hydrogens is 322 g/mol. The summed E-state index contributed by atoms with van der Waals surface area (Å²) in [5.74, 6) is 1.33. The number of amides is 1. The average Bonchev–Trinajstić information content (AvgIpc) is 3.04. The Morgan fingerprint density at radius 2 is 2.08 bits per heavy atom. The lowest BCUT2D eigenvalue weighted by atomic mass is 9.84. The summed E-state index contributed by atoms with van der Waals surface area (Å²) in [6.07, 6.45) is 5.82. The molecule has 1 spiro atoms. The molecule has 1 aromatic rings. The standard InChI is InChI=1S/C19H27NO5/c1-14-17(5-8-23-14)18(21)20-12-19(13-20)10-16(4-9-25-19)24-11-15-2-6-22-7-3-15/h5,8,15-16H,2-4,6-7,9-13H2,1H3. The van der Waals surface area contributed by atoms with Gasteiger partial charge in [0.1, 0.15) is 11.4 Å². The fraction of sp³-hybridized carbons (Fsp3) is 0.737. The van der Waals surface area contributed by atoms with Crippen molar-refractivity contribution in [3.63, 3.8) is 0 Å². The molecule has 3 fully saturated rings. The van der Waals surface area contributed by atoms with Crippen molar-refractivity contribution in [3.05, 3.63) is 23.7 Å². The highest BCUT2D eigenvalue weighted by molar-refractivity contribution is 5.95. The van der Waals surface area contributed by atoms with Gasteiger partial charge in [0, 0.05) is 32.8 Å². The van der Waals surface area contributed by atoms with Crippen molar-refractivity contribution in [2.24, 2.45) is 5.92 Å².